The number of furan rings is 1. The Labute approximate surface area is 100.0 Å². The molecule has 1 aromatic heterocycles. The van der Waals surface area contributed by atoms with Crippen LogP contribution in [0.1, 0.15) is 19.1 Å². The minimum atomic E-state index is -0.0403. The van der Waals surface area contributed by atoms with Crippen molar-refractivity contribution in [2.45, 2.75) is 25.1 Å². The maximum Gasteiger partial charge on any atom is 0.233 e. The van der Waals surface area contributed by atoms with E-state index in [0.29, 0.717) is 13.1 Å². The average Bonchev–Trinajstić information content (AvgIpc) is 2.79. The Morgan fingerprint density at radius 2 is 2.50 bits per heavy atom. The summed E-state index contributed by atoms with van der Waals surface area (Å²) in [7, 11) is 0. The molecule has 0 aliphatic carbocycles. The van der Waals surface area contributed by atoms with E-state index in [4.69, 9.17) is 10.2 Å². The van der Waals surface area contributed by atoms with Gasteiger partial charge >= 0.3 is 0 Å². The number of thioether (sulfide) groups is 1. The van der Waals surface area contributed by atoms with Gasteiger partial charge in [0.15, 0.2) is 0 Å². The van der Waals surface area contributed by atoms with Gasteiger partial charge in [0.1, 0.15) is 5.76 Å². The van der Waals surface area contributed by atoms with E-state index in [9.17, 15) is 4.79 Å². The zero-order valence-electron chi connectivity index (χ0n) is 9.44. The number of carbonyl (C=O) groups is 1. The standard InChI is InChI=1S/C11H18N2O2S/c1-9(16-7-3-5-12)11(14)13-8-10-4-2-6-15-10/h2,4,6,9H,3,5,7-8,12H2,1H3,(H,13,14). The van der Waals surface area contributed by atoms with Crippen LogP contribution in [0.5, 0.6) is 0 Å². The Bertz CT molecular complexity index is 301. The van der Waals surface area contributed by atoms with Gasteiger partial charge in [-0.3, -0.25) is 4.79 Å². The van der Waals surface area contributed by atoms with Crippen molar-refractivity contribution < 1.29 is 9.21 Å². The van der Waals surface area contributed by atoms with E-state index < -0.39 is 0 Å². The number of nitrogens with one attached hydrogen (secondary N) is 1. The fourth-order valence-electron chi connectivity index (χ4n) is 1.15. The van der Waals surface area contributed by atoms with E-state index in [-0.39, 0.29) is 11.2 Å². The van der Waals surface area contributed by atoms with Gasteiger partial charge in [-0.05, 0) is 37.8 Å². The molecule has 0 aromatic carbocycles. The largest absolute Gasteiger partial charge is 0.467 e. The lowest BCUT2D eigenvalue weighted by Gasteiger charge is -2.10. The summed E-state index contributed by atoms with van der Waals surface area (Å²) in [5.41, 5.74) is 5.39. The molecule has 16 heavy (non-hydrogen) atoms. The van der Waals surface area contributed by atoms with Gasteiger partial charge in [-0.1, -0.05) is 0 Å². The van der Waals surface area contributed by atoms with Crippen molar-refractivity contribution in [2.75, 3.05) is 12.3 Å². The Hall–Kier alpha value is -0.940. The highest BCUT2D eigenvalue weighted by molar-refractivity contribution is 8.00. The van der Waals surface area contributed by atoms with Gasteiger partial charge in [0.2, 0.25) is 5.91 Å². The van der Waals surface area contributed by atoms with Crippen LogP contribution < -0.4 is 11.1 Å². The summed E-state index contributed by atoms with van der Waals surface area (Å²) in [4.78, 5) is 11.6. The Morgan fingerprint density at radius 3 is 3.12 bits per heavy atom. The van der Waals surface area contributed by atoms with Crippen molar-refractivity contribution >= 4 is 17.7 Å². The number of hydrogen-bond acceptors (Lipinski definition) is 4. The fourth-order valence-corrected chi connectivity index (χ4v) is 2.07. The van der Waals surface area contributed by atoms with Gasteiger partial charge in [-0.15, -0.1) is 11.8 Å². The first kappa shape index (κ1) is 13.1. The summed E-state index contributed by atoms with van der Waals surface area (Å²) in [6.45, 7) is 3.03. The quantitative estimate of drug-likeness (QED) is 0.709. The van der Waals surface area contributed by atoms with E-state index in [1.165, 1.54) is 0 Å². The van der Waals surface area contributed by atoms with Gasteiger partial charge in [0.25, 0.3) is 0 Å². The van der Waals surface area contributed by atoms with Crippen LogP contribution in [0.15, 0.2) is 22.8 Å². The van der Waals surface area contributed by atoms with Crippen LogP contribution >= 0.6 is 11.8 Å². The zero-order chi connectivity index (χ0) is 11.8. The highest BCUT2D eigenvalue weighted by Crippen LogP contribution is 2.11. The molecule has 1 atom stereocenters. The Kier molecular flexibility index (Phi) is 6.03. The molecule has 1 heterocycles. The van der Waals surface area contributed by atoms with Crippen LogP contribution in [0, 0.1) is 0 Å². The number of carbonyl (C=O) groups excluding carboxylic acids is 1. The molecule has 0 saturated heterocycles. The van der Waals surface area contributed by atoms with Crippen LogP contribution in [-0.4, -0.2) is 23.5 Å². The molecule has 0 radical (unpaired) electrons. The number of hydrogen-bond donors (Lipinski definition) is 2. The topological polar surface area (TPSA) is 68.3 Å². The molecule has 5 heteroatoms. The second-order valence-corrected chi connectivity index (χ2v) is 4.90. The Balaban J connectivity index is 2.18. The molecular formula is C11H18N2O2S. The molecule has 1 rings (SSSR count). The van der Waals surface area contributed by atoms with Gasteiger partial charge in [-0.25, -0.2) is 0 Å². The van der Waals surface area contributed by atoms with E-state index >= 15 is 0 Å². The molecular weight excluding hydrogens is 224 g/mol. The molecule has 1 unspecified atom stereocenters. The smallest absolute Gasteiger partial charge is 0.233 e. The highest BCUT2D eigenvalue weighted by Gasteiger charge is 2.12. The van der Waals surface area contributed by atoms with Crippen LogP contribution in [0.3, 0.4) is 0 Å². The second kappa shape index (κ2) is 7.35. The number of amides is 1. The van der Waals surface area contributed by atoms with Crippen molar-refractivity contribution in [3.8, 4) is 0 Å². The predicted octanol–water partition coefficient (Wildman–Crippen LogP) is 1.37. The third-order valence-corrected chi connectivity index (χ3v) is 3.34. The summed E-state index contributed by atoms with van der Waals surface area (Å²) in [6.07, 6.45) is 2.54. The molecule has 0 fully saturated rings. The summed E-state index contributed by atoms with van der Waals surface area (Å²) >= 11 is 1.62. The number of nitrogens with two attached hydrogens (primary N) is 1. The zero-order valence-corrected chi connectivity index (χ0v) is 10.3. The first-order chi connectivity index (χ1) is 7.74. The third kappa shape index (κ3) is 4.72. The maximum atomic E-state index is 11.6. The van der Waals surface area contributed by atoms with Crippen molar-refractivity contribution in [1.29, 1.82) is 0 Å². The van der Waals surface area contributed by atoms with Crippen molar-refractivity contribution in [3.05, 3.63) is 24.2 Å². The normalized spacial score (nSPS) is 12.4. The Morgan fingerprint density at radius 1 is 1.69 bits per heavy atom. The molecule has 1 aromatic rings. The van der Waals surface area contributed by atoms with Crippen molar-refractivity contribution in [1.82, 2.24) is 5.32 Å². The third-order valence-electron chi connectivity index (χ3n) is 2.10. The van der Waals surface area contributed by atoms with Gasteiger partial charge < -0.3 is 15.5 Å². The van der Waals surface area contributed by atoms with Crippen LogP contribution in [0.4, 0.5) is 0 Å². The molecule has 0 saturated carbocycles. The molecule has 0 spiro atoms. The summed E-state index contributed by atoms with van der Waals surface area (Å²) < 4.78 is 5.12. The number of rotatable bonds is 7. The second-order valence-electron chi connectivity index (χ2n) is 3.45. The van der Waals surface area contributed by atoms with Crippen LogP contribution in [-0.2, 0) is 11.3 Å². The minimum absolute atomic E-state index is 0.0402. The molecule has 1 amide bonds. The average molecular weight is 242 g/mol. The van der Waals surface area contributed by atoms with Crippen molar-refractivity contribution in [2.24, 2.45) is 5.73 Å². The first-order valence-corrected chi connectivity index (χ1v) is 6.40. The highest BCUT2D eigenvalue weighted by atomic mass is 32.2. The molecule has 3 N–H and O–H groups in total. The van der Waals surface area contributed by atoms with Gasteiger partial charge in [-0.2, -0.15) is 0 Å². The monoisotopic (exact) mass is 242 g/mol. The van der Waals surface area contributed by atoms with Crippen molar-refractivity contribution in [3.63, 3.8) is 0 Å². The summed E-state index contributed by atoms with van der Waals surface area (Å²) in [5.74, 6) is 1.73. The molecule has 0 bridgehead atoms. The van der Waals surface area contributed by atoms with Gasteiger partial charge in [0, 0.05) is 0 Å². The lowest BCUT2D eigenvalue weighted by molar-refractivity contribution is -0.120. The van der Waals surface area contributed by atoms with E-state index in [1.807, 2.05) is 13.0 Å². The first-order valence-electron chi connectivity index (χ1n) is 5.36. The van der Waals surface area contributed by atoms with Gasteiger partial charge in [0.05, 0.1) is 18.1 Å². The lowest BCUT2D eigenvalue weighted by atomic mass is 10.4. The summed E-state index contributed by atoms with van der Waals surface area (Å²) in [6, 6.07) is 3.65. The van der Waals surface area contributed by atoms with E-state index in [1.54, 1.807) is 24.1 Å². The molecule has 0 aliphatic rings. The molecule has 4 nitrogen and oxygen atoms in total. The lowest BCUT2D eigenvalue weighted by Crippen LogP contribution is -2.30. The maximum absolute atomic E-state index is 11.6. The summed E-state index contributed by atoms with van der Waals surface area (Å²) in [5, 5.41) is 2.79. The predicted molar refractivity (Wildman–Crippen MR) is 66.1 cm³/mol. The van der Waals surface area contributed by atoms with E-state index in [2.05, 4.69) is 5.32 Å². The fraction of sp³-hybridized carbons (Fsp3) is 0.545. The molecule has 90 valence electrons. The minimum Gasteiger partial charge on any atom is -0.467 e. The van der Waals surface area contributed by atoms with Crippen LogP contribution in [0.25, 0.3) is 0 Å². The molecule has 0 aliphatic heterocycles. The SMILES string of the molecule is CC(SCCCN)C(=O)NCc1ccco1. The van der Waals surface area contributed by atoms with Crippen LogP contribution in [0.2, 0.25) is 0 Å². The van der Waals surface area contributed by atoms with E-state index in [0.717, 1.165) is 17.9 Å².